The number of rotatable bonds is 4. The van der Waals surface area contributed by atoms with Gasteiger partial charge in [-0.1, -0.05) is 24.3 Å². The van der Waals surface area contributed by atoms with Crippen molar-refractivity contribution in [2.75, 3.05) is 13.7 Å². The van der Waals surface area contributed by atoms with Crippen molar-refractivity contribution >= 4 is 11.3 Å². The van der Waals surface area contributed by atoms with E-state index in [9.17, 15) is 4.79 Å². The van der Waals surface area contributed by atoms with Crippen molar-refractivity contribution in [3.8, 4) is 16.5 Å². The molecule has 4 rings (SSSR count). The van der Waals surface area contributed by atoms with Crippen molar-refractivity contribution in [3.63, 3.8) is 0 Å². The molecule has 3 heterocycles. The molecule has 0 radical (unpaired) electrons. The molecule has 0 saturated heterocycles. The van der Waals surface area contributed by atoms with Gasteiger partial charge >= 0.3 is 0 Å². The number of ether oxygens (including phenoxy) is 1. The molecule has 0 bridgehead atoms. The van der Waals surface area contributed by atoms with Crippen LogP contribution in [0.4, 0.5) is 0 Å². The van der Waals surface area contributed by atoms with Gasteiger partial charge in [-0.25, -0.2) is 4.98 Å². The maximum atomic E-state index is 12.6. The van der Waals surface area contributed by atoms with Gasteiger partial charge in [-0.15, -0.1) is 11.3 Å². The van der Waals surface area contributed by atoms with Crippen LogP contribution in [0.2, 0.25) is 0 Å². The lowest BCUT2D eigenvalue weighted by atomic mass is 10.1. The van der Waals surface area contributed by atoms with Gasteiger partial charge in [0.15, 0.2) is 5.82 Å². The standard InChI is InChI=1S/C19H19N3O2S/c1-24-16-6-3-2-5-13(16)11-22-9-8-15-14(12-22)19(23)21-18(20-15)17-7-4-10-25-17/h2-7,10H,8-9,11-12H2,1H3,(H,20,21,23). The van der Waals surface area contributed by atoms with E-state index in [0.717, 1.165) is 47.0 Å². The lowest BCUT2D eigenvalue weighted by Crippen LogP contribution is -2.35. The number of hydrogen-bond donors (Lipinski definition) is 1. The quantitative estimate of drug-likeness (QED) is 0.783. The molecule has 6 heteroatoms. The first-order valence-corrected chi connectivity index (χ1v) is 9.13. The van der Waals surface area contributed by atoms with Crippen molar-refractivity contribution in [3.05, 3.63) is 69.0 Å². The number of hydrogen-bond acceptors (Lipinski definition) is 5. The Morgan fingerprint density at radius 1 is 1.28 bits per heavy atom. The lowest BCUT2D eigenvalue weighted by molar-refractivity contribution is 0.238. The van der Waals surface area contributed by atoms with Crippen molar-refractivity contribution in [2.45, 2.75) is 19.5 Å². The van der Waals surface area contributed by atoms with E-state index < -0.39 is 0 Å². The van der Waals surface area contributed by atoms with Gasteiger partial charge in [0, 0.05) is 31.6 Å². The molecule has 2 aromatic heterocycles. The summed E-state index contributed by atoms with van der Waals surface area (Å²) in [4.78, 5) is 23.5. The van der Waals surface area contributed by atoms with Gasteiger partial charge in [0.25, 0.3) is 5.56 Å². The molecule has 1 N–H and O–H groups in total. The number of fused-ring (bicyclic) bond motifs is 1. The number of aromatic amines is 1. The van der Waals surface area contributed by atoms with Gasteiger partial charge in [-0.3, -0.25) is 9.69 Å². The first-order chi connectivity index (χ1) is 12.2. The average molecular weight is 353 g/mol. The second-order valence-corrected chi connectivity index (χ2v) is 7.04. The van der Waals surface area contributed by atoms with E-state index in [1.165, 1.54) is 0 Å². The van der Waals surface area contributed by atoms with E-state index in [-0.39, 0.29) is 5.56 Å². The van der Waals surface area contributed by atoms with Crippen molar-refractivity contribution in [2.24, 2.45) is 0 Å². The van der Waals surface area contributed by atoms with Gasteiger partial charge in [0.2, 0.25) is 0 Å². The topological polar surface area (TPSA) is 58.2 Å². The zero-order valence-corrected chi connectivity index (χ0v) is 14.8. The Kier molecular flexibility index (Phi) is 4.38. The zero-order chi connectivity index (χ0) is 17.2. The zero-order valence-electron chi connectivity index (χ0n) is 14.0. The SMILES string of the molecule is COc1ccccc1CN1CCc2nc(-c3cccs3)[nH]c(=O)c2C1. The number of methoxy groups -OCH3 is 1. The van der Waals surface area contributed by atoms with E-state index in [0.29, 0.717) is 12.4 Å². The molecule has 1 aliphatic heterocycles. The number of para-hydroxylation sites is 1. The highest BCUT2D eigenvalue weighted by Crippen LogP contribution is 2.24. The third kappa shape index (κ3) is 3.23. The largest absolute Gasteiger partial charge is 0.496 e. The number of H-pyrrole nitrogens is 1. The van der Waals surface area contributed by atoms with Crippen molar-refractivity contribution in [1.82, 2.24) is 14.9 Å². The Balaban J connectivity index is 1.58. The Morgan fingerprint density at radius 3 is 2.96 bits per heavy atom. The average Bonchev–Trinajstić information content (AvgIpc) is 3.17. The number of nitrogens with one attached hydrogen (secondary N) is 1. The van der Waals surface area contributed by atoms with Crippen LogP contribution in [0.5, 0.6) is 5.75 Å². The highest BCUT2D eigenvalue weighted by atomic mass is 32.1. The van der Waals surface area contributed by atoms with Crippen LogP contribution in [0.3, 0.4) is 0 Å². The fourth-order valence-electron chi connectivity index (χ4n) is 3.22. The third-order valence-corrected chi connectivity index (χ3v) is 5.37. The van der Waals surface area contributed by atoms with E-state index >= 15 is 0 Å². The molecule has 0 fully saturated rings. The Morgan fingerprint density at radius 2 is 2.16 bits per heavy atom. The first-order valence-electron chi connectivity index (χ1n) is 8.25. The Labute approximate surface area is 149 Å². The molecular weight excluding hydrogens is 334 g/mol. The predicted molar refractivity (Wildman–Crippen MR) is 99.0 cm³/mol. The van der Waals surface area contributed by atoms with E-state index in [2.05, 4.69) is 16.0 Å². The smallest absolute Gasteiger partial charge is 0.255 e. The van der Waals surface area contributed by atoms with Gasteiger partial charge in [0.1, 0.15) is 5.75 Å². The second-order valence-electron chi connectivity index (χ2n) is 6.09. The van der Waals surface area contributed by atoms with E-state index in [1.807, 2.05) is 35.7 Å². The molecule has 0 aliphatic carbocycles. The fraction of sp³-hybridized carbons (Fsp3) is 0.263. The molecule has 0 spiro atoms. The maximum absolute atomic E-state index is 12.6. The van der Waals surface area contributed by atoms with Crippen LogP contribution in [-0.2, 0) is 19.5 Å². The van der Waals surface area contributed by atoms with Gasteiger partial charge in [0.05, 0.1) is 23.2 Å². The van der Waals surface area contributed by atoms with Crippen LogP contribution in [0, 0.1) is 0 Å². The molecule has 0 unspecified atom stereocenters. The van der Waals surface area contributed by atoms with E-state index in [4.69, 9.17) is 9.72 Å². The van der Waals surface area contributed by atoms with Gasteiger partial charge in [-0.2, -0.15) is 0 Å². The molecule has 5 nitrogen and oxygen atoms in total. The molecule has 0 amide bonds. The third-order valence-electron chi connectivity index (χ3n) is 4.49. The van der Waals surface area contributed by atoms with Crippen LogP contribution < -0.4 is 10.3 Å². The normalized spacial score (nSPS) is 14.3. The van der Waals surface area contributed by atoms with E-state index in [1.54, 1.807) is 18.4 Å². The van der Waals surface area contributed by atoms with Crippen LogP contribution in [0.15, 0.2) is 46.6 Å². The summed E-state index contributed by atoms with van der Waals surface area (Å²) in [7, 11) is 1.69. The fourth-order valence-corrected chi connectivity index (χ4v) is 3.89. The maximum Gasteiger partial charge on any atom is 0.255 e. The summed E-state index contributed by atoms with van der Waals surface area (Å²) in [6.45, 7) is 2.25. The highest BCUT2D eigenvalue weighted by molar-refractivity contribution is 7.13. The highest BCUT2D eigenvalue weighted by Gasteiger charge is 2.22. The number of nitrogens with zero attached hydrogens (tertiary/aromatic N) is 2. The first kappa shape index (κ1) is 16.1. The summed E-state index contributed by atoms with van der Waals surface area (Å²) < 4.78 is 5.43. The molecule has 1 aliphatic rings. The van der Waals surface area contributed by atoms with Crippen LogP contribution in [0.25, 0.3) is 10.7 Å². The second kappa shape index (κ2) is 6.82. The molecule has 0 atom stereocenters. The van der Waals surface area contributed by atoms with Crippen molar-refractivity contribution in [1.29, 1.82) is 0 Å². The summed E-state index contributed by atoms with van der Waals surface area (Å²) >= 11 is 1.58. The molecule has 0 saturated carbocycles. The monoisotopic (exact) mass is 353 g/mol. The molecule has 1 aromatic carbocycles. The number of thiophene rings is 1. The summed E-state index contributed by atoms with van der Waals surface area (Å²) in [5.41, 5.74) is 2.80. The summed E-state index contributed by atoms with van der Waals surface area (Å²) in [5.74, 6) is 1.56. The molecular formula is C19H19N3O2S. The molecule has 25 heavy (non-hydrogen) atoms. The summed E-state index contributed by atoms with van der Waals surface area (Å²) in [5, 5.41) is 1.99. The van der Waals surface area contributed by atoms with Crippen molar-refractivity contribution < 1.29 is 4.74 Å². The molecule has 3 aromatic rings. The predicted octanol–water partition coefficient (Wildman–Crippen LogP) is 3.07. The minimum absolute atomic E-state index is 0.0295. The number of benzene rings is 1. The number of aromatic nitrogens is 2. The Hall–Kier alpha value is -2.44. The lowest BCUT2D eigenvalue weighted by Gasteiger charge is -2.28. The Bertz CT molecular complexity index is 934. The summed E-state index contributed by atoms with van der Waals surface area (Å²) in [6, 6.07) is 12.0. The van der Waals surface area contributed by atoms with Crippen LogP contribution in [-0.4, -0.2) is 28.5 Å². The van der Waals surface area contributed by atoms with Gasteiger partial charge in [-0.05, 0) is 17.5 Å². The van der Waals surface area contributed by atoms with Crippen LogP contribution in [0.1, 0.15) is 16.8 Å². The molecule has 128 valence electrons. The minimum atomic E-state index is -0.0295. The van der Waals surface area contributed by atoms with Crippen LogP contribution >= 0.6 is 11.3 Å². The van der Waals surface area contributed by atoms with Gasteiger partial charge < -0.3 is 9.72 Å². The minimum Gasteiger partial charge on any atom is -0.496 e. The summed E-state index contributed by atoms with van der Waals surface area (Å²) in [6.07, 6.45) is 0.785.